The number of halogens is 4. The molecule has 0 aromatic heterocycles. The molecule has 0 fully saturated rings. The first kappa shape index (κ1) is 24.9. The fraction of sp³-hybridized carbons (Fsp3) is 0.0417. The molecule has 0 atom stereocenters. The van der Waals surface area contributed by atoms with E-state index < -0.39 is 17.8 Å². The zero-order valence-electron chi connectivity index (χ0n) is 17.8. The summed E-state index contributed by atoms with van der Waals surface area (Å²) in [6, 6.07) is 15.0. The summed E-state index contributed by atoms with van der Waals surface area (Å²) in [5.41, 5.74) is 0.645. The molecule has 35 heavy (non-hydrogen) atoms. The minimum absolute atomic E-state index is 0.137. The first-order chi connectivity index (χ1) is 16.7. The van der Waals surface area contributed by atoms with Crippen LogP contribution in [0.25, 0.3) is 0 Å². The molecule has 2 amide bonds. The molecule has 11 heteroatoms. The number of anilines is 2. The fourth-order valence-corrected chi connectivity index (χ4v) is 4.04. The number of benzene rings is 3. The molecule has 1 aliphatic heterocycles. The van der Waals surface area contributed by atoms with Crippen LogP contribution in [0.1, 0.15) is 10.4 Å². The van der Waals surface area contributed by atoms with E-state index in [0.29, 0.717) is 15.7 Å². The summed E-state index contributed by atoms with van der Waals surface area (Å²) in [5.74, 6) is -1.65. The zero-order valence-corrected chi connectivity index (χ0v) is 20.8. The van der Waals surface area contributed by atoms with Crippen LogP contribution in [0.3, 0.4) is 0 Å². The number of carbonyl (C=O) groups excluding carboxylic acids is 3. The highest BCUT2D eigenvalue weighted by atomic mass is 35.5. The van der Waals surface area contributed by atoms with Crippen molar-refractivity contribution in [1.82, 2.24) is 0 Å². The van der Waals surface area contributed by atoms with Crippen molar-refractivity contribution >= 4 is 75.6 Å². The summed E-state index contributed by atoms with van der Waals surface area (Å²) in [7, 11) is 1.40. The Morgan fingerprint density at radius 3 is 2.09 bits per heavy atom. The minimum atomic E-state index is -0.736. The van der Waals surface area contributed by atoms with Gasteiger partial charge in [-0.25, -0.2) is 9.69 Å². The smallest absolute Gasteiger partial charge is 0.343 e. The summed E-state index contributed by atoms with van der Waals surface area (Å²) in [4.78, 5) is 39.1. The number of nitrogens with zero attached hydrogens (tertiary/aromatic N) is 1. The standard InChI is InChI=1S/C24H14Cl4N2O5/c1-34-19-9-5-14(26)11-17(19)30-22(31)20(28)21(23(30)32)29-15-6-2-12(3-7-15)24(33)35-18-8-4-13(25)10-16(18)27/h2-11,29H,1H3. The van der Waals surface area contributed by atoms with Gasteiger partial charge in [0.2, 0.25) is 0 Å². The van der Waals surface area contributed by atoms with Crippen LogP contribution in [0.5, 0.6) is 11.5 Å². The average molecular weight is 552 g/mol. The summed E-state index contributed by atoms with van der Waals surface area (Å²) in [5, 5.41) is 3.43. The van der Waals surface area contributed by atoms with Gasteiger partial charge in [0.15, 0.2) is 0 Å². The molecule has 0 radical (unpaired) electrons. The Bertz CT molecular complexity index is 1390. The predicted molar refractivity (Wildman–Crippen MR) is 135 cm³/mol. The molecule has 178 valence electrons. The van der Waals surface area contributed by atoms with Gasteiger partial charge in [0.1, 0.15) is 22.2 Å². The minimum Gasteiger partial charge on any atom is -0.495 e. The van der Waals surface area contributed by atoms with Crippen molar-refractivity contribution in [1.29, 1.82) is 0 Å². The van der Waals surface area contributed by atoms with Gasteiger partial charge in [0, 0.05) is 15.7 Å². The quantitative estimate of drug-likeness (QED) is 0.219. The maximum absolute atomic E-state index is 13.1. The second kappa shape index (κ2) is 10.2. The topological polar surface area (TPSA) is 84.9 Å². The van der Waals surface area contributed by atoms with E-state index in [0.717, 1.165) is 4.90 Å². The third kappa shape index (κ3) is 5.09. The van der Waals surface area contributed by atoms with Crippen LogP contribution < -0.4 is 19.7 Å². The van der Waals surface area contributed by atoms with Crippen molar-refractivity contribution in [3.63, 3.8) is 0 Å². The van der Waals surface area contributed by atoms with E-state index in [2.05, 4.69) is 5.32 Å². The first-order valence-electron chi connectivity index (χ1n) is 9.86. The number of carbonyl (C=O) groups is 3. The van der Waals surface area contributed by atoms with E-state index in [1.807, 2.05) is 0 Å². The van der Waals surface area contributed by atoms with Crippen molar-refractivity contribution < 1.29 is 23.9 Å². The molecule has 1 aliphatic rings. The summed E-state index contributed by atoms with van der Waals surface area (Å²) in [6.45, 7) is 0. The number of hydrogen-bond acceptors (Lipinski definition) is 6. The molecule has 0 saturated heterocycles. The number of rotatable bonds is 6. The molecule has 4 rings (SSSR count). The molecule has 0 spiro atoms. The monoisotopic (exact) mass is 550 g/mol. The van der Waals surface area contributed by atoms with E-state index >= 15 is 0 Å². The van der Waals surface area contributed by atoms with E-state index in [4.69, 9.17) is 55.9 Å². The van der Waals surface area contributed by atoms with Crippen molar-refractivity contribution in [2.45, 2.75) is 0 Å². The highest BCUT2D eigenvalue weighted by Crippen LogP contribution is 2.37. The van der Waals surface area contributed by atoms with Crippen molar-refractivity contribution in [3.05, 3.63) is 92.0 Å². The molecular formula is C24H14Cl4N2O5. The van der Waals surface area contributed by atoms with E-state index in [-0.39, 0.29) is 38.5 Å². The van der Waals surface area contributed by atoms with Gasteiger partial charge in [-0.2, -0.15) is 0 Å². The largest absolute Gasteiger partial charge is 0.495 e. The molecular weight excluding hydrogens is 538 g/mol. The Hall–Kier alpha value is -3.23. The van der Waals surface area contributed by atoms with Crippen LogP contribution in [0.2, 0.25) is 15.1 Å². The fourth-order valence-electron chi connectivity index (χ4n) is 3.22. The van der Waals surface area contributed by atoms with Crippen molar-refractivity contribution in [2.24, 2.45) is 0 Å². The van der Waals surface area contributed by atoms with Gasteiger partial charge in [-0.05, 0) is 60.7 Å². The summed E-state index contributed by atoms with van der Waals surface area (Å²) in [6.07, 6.45) is 0. The van der Waals surface area contributed by atoms with Gasteiger partial charge >= 0.3 is 5.97 Å². The van der Waals surface area contributed by atoms with E-state index in [9.17, 15) is 14.4 Å². The van der Waals surface area contributed by atoms with Crippen LogP contribution in [0.4, 0.5) is 11.4 Å². The van der Waals surface area contributed by atoms with E-state index in [1.165, 1.54) is 55.6 Å². The Morgan fingerprint density at radius 2 is 1.46 bits per heavy atom. The van der Waals surface area contributed by atoms with Crippen molar-refractivity contribution in [2.75, 3.05) is 17.3 Å². The molecule has 3 aromatic carbocycles. The lowest BCUT2D eigenvalue weighted by Crippen LogP contribution is -2.32. The Labute approximate surface area is 219 Å². The number of hydrogen-bond donors (Lipinski definition) is 1. The lowest BCUT2D eigenvalue weighted by molar-refractivity contribution is -0.120. The number of imide groups is 1. The van der Waals surface area contributed by atoms with Crippen LogP contribution in [0.15, 0.2) is 71.4 Å². The molecule has 7 nitrogen and oxygen atoms in total. The number of esters is 1. The molecule has 1 heterocycles. The second-order valence-electron chi connectivity index (χ2n) is 7.12. The normalized spacial score (nSPS) is 13.3. The average Bonchev–Trinajstić information content (AvgIpc) is 3.04. The molecule has 0 aliphatic carbocycles. The molecule has 0 unspecified atom stereocenters. The van der Waals surface area contributed by atoms with E-state index in [1.54, 1.807) is 12.1 Å². The van der Waals surface area contributed by atoms with Crippen LogP contribution >= 0.6 is 46.4 Å². The number of ether oxygens (including phenoxy) is 2. The summed E-state index contributed by atoms with van der Waals surface area (Å²) < 4.78 is 10.5. The molecule has 0 bridgehead atoms. The van der Waals surface area contributed by atoms with Gasteiger partial charge in [0.05, 0.1) is 23.4 Å². The Kier molecular flexibility index (Phi) is 7.23. The number of amides is 2. The van der Waals surface area contributed by atoms with Gasteiger partial charge < -0.3 is 14.8 Å². The molecule has 1 N–H and O–H groups in total. The summed E-state index contributed by atoms with van der Waals surface area (Å²) >= 11 is 24.1. The predicted octanol–water partition coefficient (Wildman–Crippen LogP) is 6.31. The molecule has 0 saturated carbocycles. The maximum Gasteiger partial charge on any atom is 0.343 e. The van der Waals surface area contributed by atoms with Gasteiger partial charge in [-0.3, -0.25) is 9.59 Å². The molecule has 3 aromatic rings. The maximum atomic E-state index is 13.1. The lowest BCUT2D eigenvalue weighted by atomic mass is 10.2. The van der Waals surface area contributed by atoms with Crippen LogP contribution in [0, 0.1) is 0 Å². The highest BCUT2D eigenvalue weighted by Gasteiger charge is 2.40. The number of nitrogens with one attached hydrogen (secondary N) is 1. The second-order valence-corrected chi connectivity index (χ2v) is 8.78. The Balaban J connectivity index is 1.51. The third-order valence-corrected chi connectivity index (χ3v) is 6.01. The van der Waals surface area contributed by atoms with Gasteiger partial charge in [-0.15, -0.1) is 0 Å². The highest BCUT2D eigenvalue weighted by molar-refractivity contribution is 6.53. The number of methoxy groups -OCH3 is 1. The van der Waals surface area contributed by atoms with Crippen LogP contribution in [-0.2, 0) is 9.59 Å². The lowest BCUT2D eigenvalue weighted by Gasteiger charge is -2.18. The SMILES string of the molecule is COc1ccc(Cl)cc1N1C(=O)C(Cl)=C(Nc2ccc(C(=O)Oc3ccc(Cl)cc3Cl)cc2)C1=O. The Morgan fingerprint density at radius 1 is 0.829 bits per heavy atom. The van der Waals surface area contributed by atoms with Crippen LogP contribution in [-0.4, -0.2) is 24.9 Å². The third-order valence-electron chi connectivity index (χ3n) is 4.90. The van der Waals surface area contributed by atoms with Gasteiger partial charge in [-0.1, -0.05) is 46.4 Å². The van der Waals surface area contributed by atoms with Crippen molar-refractivity contribution in [3.8, 4) is 11.5 Å². The van der Waals surface area contributed by atoms with Gasteiger partial charge in [0.25, 0.3) is 11.8 Å². The first-order valence-corrected chi connectivity index (χ1v) is 11.4. The zero-order chi connectivity index (χ0) is 25.3.